The standard InChI is InChI=1S/C34H34O14/c1-19(35)44-28-26(37)25(36)23(45-33(28)41)17-43-34-29(48-32(40)22-15-9-4-10-16-22)27(47-31(39)21-13-7-3-8-14-21)24(46-34)18-42-30(38)20-11-5-2-6-12-20/h2-16,23-29,33-34,36-37,41H,17-18H2,1H3/t23-,24+,25+,26+,27+,28-,29-,33+,34-/m1/s1. The van der Waals surface area contributed by atoms with E-state index in [9.17, 15) is 34.5 Å². The van der Waals surface area contributed by atoms with Gasteiger partial charge in [-0.3, -0.25) is 4.79 Å². The first-order valence-electron chi connectivity index (χ1n) is 15.0. The number of carbonyl (C=O) groups is 4. The molecular formula is C34H34O14. The van der Waals surface area contributed by atoms with Crippen molar-refractivity contribution < 1.29 is 67.7 Å². The second-order valence-corrected chi connectivity index (χ2v) is 10.9. The highest BCUT2D eigenvalue weighted by atomic mass is 16.7. The fraction of sp³-hybridized carbons (Fsp3) is 0.353. The molecule has 0 aliphatic carbocycles. The summed E-state index contributed by atoms with van der Waals surface area (Å²) in [6.45, 7) is 0.0513. The van der Waals surface area contributed by atoms with Crippen LogP contribution in [0.2, 0.25) is 0 Å². The van der Waals surface area contributed by atoms with E-state index in [-0.39, 0.29) is 16.7 Å². The van der Waals surface area contributed by atoms with Gasteiger partial charge in [0.05, 0.1) is 23.3 Å². The number of benzene rings is 3. The lowest BCUT2D eigenvalue weighted by Gasteiger charge is -2.40. The SMILES string of the molecule is CC(=O)O[C@@H]1[C@@H](O)[C@@H](O)[C@@H](CO[C@@H]2O[C@@H](COC(=O)c3ccccc3)[C@H](OC(=O)c3ccccc3)[C@H]2OC(=O)c2ccccc2)O[C@@H]1O. The van der Waals surface area contributed by atoms with Gasteiger partial charge in [0.15, 0.2) is 30.9 Å². The van der Waals surface area contributed by atoms with E-state index < -0.39 is 92.4 Å². The first kappa shape index (κ1) is 34.6. The molecule has 2 saturated heterocycles. The van der Waals surface area contributed by atoms with Crippen LogP contribution >= 0.6 is 0 Å². The van der Waals surface area contributed by atoms with E-state index in [0.29, 0.717) is 0 Å². The quantitative estimate of drug-likeness (QED) is 0.196. The van der Waals surface area contributed by atoms with Crippen LogP contribution in [-0.2, 0) is 38.0 Å². The van der Waals surface area contributed by atoms with Crippen LogP contribution in [0.1, 0.15) is 38.0 Å². The van der Waals surface area contributed by atoms with Crippen molar-refractivity contribution in [3.8, 4) is 0 Å². The molecule has 2 aliphatic rings. The van der Waals surface area contributed by atoms with Gasteiger partial charge in [-0.25, -0.2) is 14.4 Å². The van der Waals surface area contributed by atoms with Crippen molar-refractivity contribution in [1.29, 1.82) is 0 Å². The third kappa shape index (κ3) is 8.41. The Morgan fingerprint density at radius 3 is 1.60 bits per heavy atom. The Labute approximate surface area is 274 Å². The minimum atomic E-state index is -1.82. The molecule has 2 fully saturated rings. The molecule has 0 radical (unpaired) electrons. The maximum Gasteiger partial charge on any atom is 0.338 e. The van der Waals surface area contributed by atoms with E-state index in [1.54, 1.807) is 66.7 Å². The summed E-state index contributed by atoms with van der Waals surface area (Å²) in [7, 11) is 0. The minimum Gasteiger partial charge on any atom is -0.459 e. The Hall–Kier alpha value is -4.70. The number of hydrogen-bond acceptors (Lipinski definition) is 14. The van der Waals surface area contributed by atoms with Gasteiger partial charge in [-0.1, -0.05) is 54.6 Å². The topological polar surface area (TPSA) is 194 Å². The Bertz CT molecular complexity index is 1540. The lowest BCUT2D eigenvalue weighted by molar-refractivity contribution is -0.300. The van der Waals surface area contributed by atoms with Gasteiger partial charge >= 0.3 is 23.9 Å². The number of ether oxygens (including phenoxy) is 7. The van der Waals surface area contributed by atoms with Gasteiger partial charge in [0.25, 0.3) is 0 Å². The Kier molecular flexibility index (Phi) is 11.5. The molecule has 5 rings (SSSR count). The van der Waals surface area contributed by atoms with Crippen LogP contribution in [0.5, 0.6) is 0 Å². The van der Waals surface area contributed by atoms with Gasteiger partial charge in [0.1, 0.15) is 31.0 Å². The van der Waals surface area contributed by atoms with Crippen molar-refractivity contribution in [3.05, 3.63) is 108 Å². The van der Waals surface area contributed by atoms with Crippen molar-refractivity contribution in [2.24, 2.45) is 0 Å². The molecule has 0 saturated carbocycles. The van der Waals surface area contributed by atoms with E-state index in [4.69, 9.17) is 33.2 Å². The molecule has 9 atom stereocenters. The molecule has 3 aromatic rings. The molecule has 0 spiro atoms. The van der Waals surface area contributed by atoms with E-state index in [0.717, 1.165) is 6.92 Å². The zero-order valence-corrected chi connectivity index (χ0v) is 25.6. The summed E-state index contributed by atoms with van der Waals surface area (Å²) in [6, 6.07) is 24.1. The van der Waals surface area contributed by atoms with Gasteiger partial charge < -0.3 is 48.5 Å². The first-order chi connectivity index (χ1) is 23.1. The summed E-state index contributed by atoms with van der Waals surface area (Å²) >= 11 is 0. The summed E-state index contributed by atoms with van der Waals surface area (Å²) in [5.41, 5.74) is 0.594. The van der Waals surface area contributed by atoms with E-state index in [1.165, 1.54) is 24.3 Å². The molecule has 0 amide bonds. The third-order valence-corrected chi connectivity index (χ3v) is 7.55. The molecular weight excluding hydrogens is 632 g/mol. The monoisotopic (exact) mass is 666 g/mol. The maximum absolute atomic E-state index is 13.2. The summed E-state index contributed by atoms with van der Waals surface area (Å²) in [4.78, 5) is 50.6. The number of carbonyl (C=O) groups excluding carboxylic acids is 4. The lowest BCUT2D eigenvalue weighted by Crippen LogP contribution is -2.60. The Morgan fingerprint density at radius 1 is 0.583 bits per heavy atom. The van der Waals surface area contributed by atoms with Gasteiger partial charge in [-0.2, -0.15) is 0 Å². The molecule has 3 N–H and O–H groups in total. The Balaban J connectivity index is 1.39. The Morgan fingerprint density at radius 2 is 1.08 bits per heavy atom. The lowest BCUT2D eigenvalue weighted by atomic mass is 9.99. The molecule has 0 bridgehead atoms. The molecule has 0 unspecified atom stereocenters. The van der Waals surface area contributed by atoms with Gasteiger partial charge in [0.2, 0.25) is 0 Å². The largest absolute Gasteiger partial charge is 0.459 e. The van der Waals surface area contributed by atoms with Crippen molar-refractivity contribution in [3.63, 3.8) is 0 Å². The van der Waals surface area contributed by atoms with Crippen LogP contribution in [0.3, 0.4) is 0 Å². The predicted octanol–water partition coefficient (Wildman–Crippen LogP) is 1.41. The molecule has 2 heterocycles. The van der Waals surface area contributed by atoms with Crippen LogP contribution in [0.15, 0.2) is 91.0 Å². The molecule has 2 aliphatic heterocycles. The number of rotatable bonds is 11. The highest BCUT2D eigenvalue weighted by Crippen LogP contribution is 2.31. The molecule has 0 aromatic heterocycles. The zero-order chi connectivity index (χ0) is 34.2. The van der Waals surface area contributed by atoms with Crippen LogP contribution in [0.4, 0.5) is 0 Å². The minimum absolute atomic E-state index is 0.164. The summed E-state index contributed by atoms with van der Waals surface area (Å²) in [6.07, 6.45) is -13.7. The van der Waals surface area contributed by atoms with Crippen molar-refractivity contribution >= 4 is 23.9 Å². The summed E-state index contributed by atoms with van der Waals surface area (Å²) in [5.74, 6) is -3.12. The highest BCUT2D eigenvalue weighted by Gasteiger charge is 2.52. The van der Waals surface area contributed by atoms with Crippen LogP contribution < -0.4 is 0 Å². The third-order valence-electron chi connectivity index (χ3n) is 7.55. The fourth-order valence-corrected chi connectivity index (χ4v) is 5.14. The molecule has 14 nitrogen and oxygen atoms in total. The zero-order valence-electron chi connectivity index (χ0n) is 25.6. The number of hydrogen-bond donors (Lipinski definition) is 3. The van der Waals surface area contributed by atoms with Crippen molar-refractivity contribution in [2.75, 3.05) is 13.2 Å². The average Bonchev–Trinajstić information content (AvgIpc) is 3.42. The smallest absolute Gasteiger partial charge is 0.338 e. The van der Waals surface area contributed by atoms with Gasteiger partial charge in [0, 0.05) is 6.92 Å². The average molecular weight is 667 g/mol. The number of aliphatic hydroxyl groups is 3. The number of aliphatic hydroxyl groups excluding tert-OH is 3. The molecule has 3 aromatic carbocycles. The maximum atomic E-state index is 13.2. The van der Waals surface area contributed by atoms with Crippen molar-refractivity contribution in [2.45, 2.75) is 62.2 Å². The predicted molar refractivity (Wildman–Crippen MR) is 161 cm³/mol. The van der Waals surface area contributed by atoms with E-state index in [1.807, 2.05) is 0 Å². The second-order valence-electron chi connectivity index (χ2n) is 10.9. The summed E-state index contributed by atoms with van der Waals surface area (Å²) in [5, 5.41) is 31.5. The van der Waals surface area contributed by atoms with Crippen LogP contribution in [0.25, 0.3) is 0 Å². The van der Waals surface area contributed by atoms with E-state index in [2.05, 4.69) is 0 Å². The number of esters is 4. The van der Waals surface area contributed by atoms with Crippen molar-refractivity contribution in [1.82, 2.24) is 0 Å². The highest BCUT2D eigenvalue weighted by molar-refractivity contribution is 5.91. The molecule has 254 valence electrons. The van der Waals surface area contributed by atoms with E-state index >= 15 is 0 Å². The van der Waals surface area contributed by atoms with Crippen LogP contribution in [0, 0.1) is 0 Å². The molecule has 48 heavy (non-hydrogen) atoms. The summed E-state index contributed by atoms with van der Waals surface area (Å²) < 4.78 is 39.2. The first-order valence-corrected chi connectivity index (χ1v) is 15.0. The second kappa shape index (κ2) is 15.9. The van der Waals surface area contributed by atoms with Gasteiger partial charge in [-0.05, 0) is 36.4 Å². The van der Waals surface area contributed by atoms with Gasteiger partial charge in [-0.15, -0.1) is 0 Å². The fourth-order valence-electron chi connectivity index (χ4n) is 5.14. The molecule has 14 heteroatoms. The normalized spacial score (nSPS) is 28.2. The van der Waals surface area contributed by atoms with Crippen LogP contribution in [-0.4, -0.2) is 108 Å².